The Morgan fingerprint density at radius 3 is 2.73 bits per heavy atom. The molecule has 1 aliphatic rings. The van der Waals surface area contributed by atoms with Crippen LogP contribution in [0, 0.1) is 17.0 Å². The molecule has 2 aromatic carbocycles. The van der Waals surface area contributed by atoms with Gasteiger partial charge in [0, 0.05) is 17.2 Å². The van der Waals surface area contributed by atoms with Gasteiger partial charge in [-0.15, -0.1) is 0 Å². The number of carbonyl (C=O) groups is 1. The number of esters is 1. The Labute approximate surface area is 173 Å². The zero-order valence-electron chi connectivity index (χ0n) is 16.8. The summed E-state index contributed by atoms with van der Waals surface area (Å²) in [5.74, 6) is 0.432. The zero-order valence-corrected chi connectivity index (χ0v) is 16.8. The third kappa shape index (κ3) is 4.38. The third-order valence-electron chi connectivity index (χ3n) is 4.32. The molecule has 0 aromatic heterocycles. The van der Waals surface area contributed by atoms with Gasteiger partial charge in [-0.3, -0.25) is 10.1 Å². The van der Waals surface area contributed by atoms with Gasteiger partial charge in [-0.2, -0.15) is 0 Å². The van der Waals surface area contributed by atoms with E-state index in [9.17, 15) is 14.9 Å². The van der Waals surface area contributed by atoms with E-state index in [2.05, 4.69) is 11.6 Å². The highest BCUT2D eigenvalue weighted by atomic mass is 16.6. The molecule has 2 aromatic rings. The predicted octanol–water partition coefficient (Wildman–Crippen LogP) is 4.21. The summed E-state index contributed by atoms with van der Waals surface area (Å²) >= 11 is 0. The maximum Gasteiger partial charge on any atom is 0.363 e. The van der Waals surface area contributed by atoms with Gasteiger partial charge in [-0.1, -0.05) is 18.7 Å². The number of carbonyl (C=O) groups excluding carboxylic acids is 1. The van der Waals surface area contributed by atoms with E-state index in [-0.39, 0.29) is 17.3 Å². The fourth-order valence-electron chi connectivity index (χ4n) is 2.83. The van der Waals surface area contributed by atoms with Crippen LogP contribution in [0.5, 0.6) is 11.5 Å². The van der Waals surface area contributed by atoms with Crippen LogP contribution in [-0.4, -0.2) is 30.5 Å². The highest BCUT2D eigenvalue weighted by molar-refractivity contribution is 6.13. The Kier molecular flexibility index (Phi) is 5.96. The van der Waals surface area contributed by atoms with E-state index in [1.165, 1.54) is 19.2 Å². The molecular weight excluding hydrogens is 388 g/mol. The van der Waals surface area contributed by atoms with Crippen molar-refractivity contribution < 1.29 is 23.9 Å². The fourth-order valence-corrected chi connectivity index (χ4v) is 2.83. The molecule has 154 valence electrons. The second kappa shape index (κ2) is 8.60. The van der Waals surface area contributed by atoms with E-state index in [1.807, 2.05) is 6.92 Å². The van der Waals surface area contributed by atoms with Crippen molar-refractivity contribution >= 4 is 23.6 Å². The summed E-state index contributed by atoms with van der Waals surface area (Å²) in [7, 11) is 1.52. The van der Waals surface area contributed by atoms with Crippen molar-refractivity contribution in [2.45, 2.75) is 13.8 Å². The average Bonchev–Trinajstić information content (AvgIpc) is 3.06. The van der Waals surface area contributed by atoms with Gasteiger partial charge in [0.2, 0.25) is 5.90 Å². The minimum absolute atomic E-state index is 0.0285. The maximum absolute atomic E-state index is 12.3. The summed E-state index contributed by atoms with van der Waals surface area (Å²) in [4.78, 5) is 27.2. The van der Waals surface area contributed by atoms with E-state index in [0.717, 1.165) is 5.57 Å². The number of nitrogens with zero attached hydrogens (tertiary/aromatic N) is 2. The summed E-state index contributed by atoms with van der Waals surface area (Å²) in [6.45, 7) is 7.60. The largest absolute Gasteiger partial charge is 0.493 e. The number of rotatable bonds is 7. The van der Waals surface area contributed by atoms with Gasteiger partial charge in [0.15, 0.2) is 17.2 Å². The topological polar surface area (TPSA) is 100 Å². The van der Waals surface area contributed by atoms with Gasteiger partial charge in [0.1, 0.15) is 6.61 Å². The lowest BCUT2D eigenvalue weighted by Gasteiger charge is -2.11. The van der Waals surface area contributed by atoms with E-state index in [4.69, 9.17) is 14.2 Å². The Hall–Kier alpha value is -3.94. The van der Waals surface area contributed by atoms with Crippen LogP contribution in [0.4, 0.5) is 5.69 Å². The Bertz CT molecular complexity index is 1100. The van der Waals surface area contributed by atoms with Crippen LogP contribution in [0.3, 0.4) is 0 Å². The summed E-state index contributed by atoms with van der Waals surface area (Å²) in [6, 6.07) is 9.71. The number of hydrogen-bond acceptors (Lipinski definition) is 7. The first-order chi connectivity index (χ1) is 14.3. The molecule has 3 rings (SSSR count). The standard InChI is InChI=1S/C22H20N2O6/c1-13(2)12-29-19-9-8-15(11-20(19)28-4)10-17-22(25)30-21(23-17)16-6-5-7-18(14(16)3)24(26)27/h5-11H,1,12H2,2-4H3/b17-10-. The normalized spacial score (nSPS) is 14.3. The molecule has 0 fully saturated rings. The first-order valence-corrected chi connectivity index (χ1v) is 9.02. The number of nitro benzene ring substituents is 1. The number of ether oxygens (including phenoxy) is 3. The summed E-state index contributed by atoms with van der Waals surface area (Å²) in [6.07, 6.45) is 1.55. The molecule has 0 radical (unpaired) electrons. The number of methoxy groups -OCH3 is 1. The number of nitro groups is 1. The van der Waals surface area contributed by atoms with E-state index < -0.39 is 10.9 Å². The Morgan fingerprint density at radius 2 is 2.07 bits per heavy atom. The summed E-state index contributed by atoms with van der Waals surface area (Å²) in [5.41, 5.74) is 2.29. The van der Waals surface area contributed by atoms with E-state index in [1.54, 1.807) is 37.3 Å². The molecule has 1 heterocycles. The smallest absolute Gasteiger partial charge is 0.363 e. The van der Waals surface area contributed by atoms with Crippen LogP contribution >= 0.6 is 0 Å². The third-order valence-corrected chi connectivity index (χ3v) is 4.32. The molecule has 30 heavy (non-hydrogen) atoms. The summed E-state index contributed by atoms with van der Waals surface area (Å²) in [5, 5.41) is 11.2. The molecule has 1 aliphatic heterocycles. The van der Waals surface area contributed by atoms with Crippen molar-refractivity contribution in [1.82, 2.24) is 0 Å². The molecule has 0 saturated carbocycles. The van der Waals surface area contributed by atoms with Crippen molar-refractivity contribution in [1.29, 1.82) is 0 Å². The van der Waals surface area contributed by atoms with Crippen LogP contribution in [0.2, 0.25) is 0 Å². The van der Waals surface area contributed by atoms with Gasteiger partial charge in [-0.25, -0.2) is 9.79 Å². The molecule has 0 atom stereocenters. The first-order valence-electron chi connectivity index (χ1n) is 9.02. The molecule has 8 nitrogen and oxygen atoms in total. The van der Waals surface area contributed by atoms with Crippen LogP contribution in [0.25, 0.3) is 6.08 Å². The maximum atomic E-state index is 12.3. The lowest BCUT2D eigenvalue weighted by atomic mass is 10.1. The quantitative estimate of drug-likeness (QED) is 0.224. The van der Waals surface area contributed by atoms with E-state index >= 15 is 0 Å². The number of hydrogen-bond donors (Lipinski definition) is 0. The van der Waals surface area contributed by atoms with Crippen LogP contribution in [0.15, 0.2) is 59.2 Å². The SMILES string of the molecule is C=C(C)COc1ccc(/C=C2\N=C(c3cccc([N+](=O)[O-])c3C)OC2=O)cc1OC. The molecule has 0 amide bonds. The highest BCUT2D eigenvalue weighted by Crippen LogP contribution is 2.30. The van der Waals surface area contributed by atoms with Crippen LogP contribution < -0.4 is 9.47 Å². The zero-order chi connectivity index (χ0) is 21.8. The minimum Gasteiger partial charge on any atom is -0.493 e. The average molecular weight is 408 g/mol. The van der Waals surface area contributed by atoms with Gasteiger partial charge in [0.05, 0.1) is 12.0 Å². The van der Waals surface area contributed by atoms with Crippen molar-refractivity contribution in [3.63, 3.8) is 0 Å². The van der Waals surface area contributed by atoms with Crippen LogP contribution in [-0.2, 0) is 9.53 Å². The lowest BCUT2D eigenvalue weighted by Crippen LogP contribution is -2.08. The molecular formula is C22H20N2O6. The fraction of sp³-hybridized carbons (Fsp3) is 0.182. The Balaban J connectivity index is 1.92. The molecule has 0 saturated heterocycles. The minimum atomic E-state index is -0.641. The molecule has 0 N–H and O–H groups in total. The summed E-state index contributed by atoms with van der Waals surface area (Å²) < 4.78 is 16.2. The first kappa shape index (κ1) is 20.8. The van der Waals surface area contributed by atoms with Crippen molar-refractivity contribution in [3.8, 4) is 11.5 Å². The second-order valence-corrected chi connectivity index (χ2v) is 6.70. The van der Waals surface area contributed by atoms with Gasteiger partial charge < -0.3 is 14.2 Å². The number of benzene rings is 2. The van der Waals surface area contributed by atoms with Crippen LogP contribution in [0.1, 0.15) is 23.6 Å². The molecule has 8 heteroatoms. The van der Waals surface area contributed by atoms with Gasteiger partial charge in [0.25, 0.3) is 5.69 Å². The second-order valence-electron chi connectivity index (χ2n) is 6.70. The van der Waals surface area contributed by atoms with Gasteiger partial charge >= 0.3 is 5.97 Å². The van der Waals surface area contributed by atoms with Crippen molar-refractivity contribution in [2.24, 2.45) is 4.99 Å². The Morgan fingerprint density at radius 1 is 1.30 bits per heavy atom. The molecule has 0 aliphatic carbocycles. The molecule has 0 unspecified atom stereocenters. The van der Waals surface area contributed by atoms with Crippen molar-refractivity contribution in [2.75, 3.05) is 13.7 Å². The molecule has 0 spiro atoms. The predicted molar refractivity (Wildman–Crippen MR) is 112 cm³/mol. The number of aliphatic imine (C=N–C) groups is 1. The van der Waals surface area contributed by atoms with E-state index in [0.29, 0.717) is 34.8 Å². The monoisotopic (exact) mass is 408 g/mol. The number of cyclic esters (lactones) is 1. The van der Waals surface area contributed by atoms with Gasteiger partial charge in [-0.05, 0) is 49.3 Å². The highest BCUT2D eigenvalue weighted by Gasteiger charge is 2.27. The molecule has 0 bridgehead atoms. The van der Waals surface area contributed by atoms with Crippen molar-refractivity contribution in [3.05, 3.63) is 81.1 Å². The lowest BCUT2D eigenvalue weighted by molar-refractivity contribution is -0.385.